The minimum absolute atomic E-state index is 0.248. The number of anilines is 1. The number of thiophene rings is 1. The fourth-order valence-electron chi connectivity index (χ4n) is 2.85. The van der Waals surface area contributed by atoms with Crippen LogP contribution in [-0.2, 0) is 6.54 Å². The summed E-state index contributed by atoms with van der Waals surface area (Å²) in [5, 5.41) is 4.79. The molecule has 0 spiro atoms. The van der Waals surface area contributed by atoms with Gasteiger partial charge in [0.05, 0.1) is 27.8 Å². The van der Waals surface area contributed by atoms with Crippen molar-refractivity contribution < 1.29 is 9.53 Å². The van der Waals surface area contributed by atoms with Crippen LogP contribution in [0.4, 0.5) is 5.13 Å². The van der Waals surface area contributed by atoms with E-state index in [-0.39, 0.29) is 5.91 Å². The first-order chi connectivity index (χ1) is 14.1. The Bertz CT molecular complexity index is 1140. The summed E-state index contributed by atoms with van der Waals surface area (Å²) in [7, 11) is 0. The molecule has 0 fully saturated rings. The van der Waals surface area contributed by atoms with Crippen LogP contribution in [0.1, 0.15) is 17.3 Å². The zero-order chi connectivity index (χ0) is 20.4. The molecule has 0 aliphatic rings. The van der Waals surface area contributed by atoms with Crippen LogP contribution in [0.25, 0.3) is 10.2 Å². The number of amides is 1. The van der Waals surface area contributed by atoms with Crippen molar-refractivity contribution in [3.8, 4) is 5.75 Å². The van der Waals surface area contributed by atoms with Gasteiger partial charge in [-0.05, 0) is 31.2 Å². The molecule has 0 N–H and O–H groups in total. The monoisotopic (exact) mass is 466 g/mol. The Hall–Kier alpha value is -2.13. The normalized spacial score (nSPS) is 11.1. The number of para-hydroxylation sites is 1. The highest BCUT2D eigenvalue weighted by Crippen LogP contribution is 2.37. The highest BCUT2D eigenvalue weighted by atomic mass is 35.5. The molecule has 3 heterocycles. The fraction of sp³-hybridized carbons (Fsp3) is 0.211. The van der Waals surface area contributed by atoms with Crippen molar-refractivity contribution in [1.29, 1.82) is 0 Å². The standard InChI is InChI=1S/C19H16Cl2N4O2S2/c1-2-27-13-5-3-6-14-16(13)23-19(28-14)25(10-9-24-8-4-7-22-24)18(26)12-11-15(20)29-17(12)21/h3-8,11H,2,9-10H2,1H3. The maximum absolute atomic E-state index is 13.3. The van der Waals surface area contributed by atoms with Crippen LogP contribution in [0.3, 0.4) is 0 Å². The zero-order valence-corrected chi connectivity index (χ0v) is 18.5. The van der Waals surface area contributed by atoms with Crippen molar-refractivity contribution in [2.75, 3.05) is 18.1 Å². The number of hydrogen-bond donors (Lipinski definition) is 0. The fourth-order valence-corrected chi connectivity index (χ4v) is 5.31. The minimum Gasteiger partial charge on any atom is -0.492 e. The molecule has 0 radical (unpaired) electrons. The van der Waals surface area contributed by atoms with Crippen LogP contribution in [0.5, 0.6) is 5.75 Å². The highest BCUT2D eigenvalue weighted by Gasteiger charge is 2.25. The van der Waals surface area contributed by atoms with Crippen molar-refractivity contribution in [2.45, 2.75) is 13.5 Å². The van der Waals surface area contributed by atoms with E-state index >= 15 is 0 Å². The molecule has 150 valence electrons. The largest absolute Gasteiger partial charge is 0.492 e. The zero-order valence-electron chi connectivity index (χ0n) is 15.3. The van der Waals surface area contributed by atoms with E-state index in [1.165, 1.54) is 22.7 Å². The number of halogens is 2. The third-order valence-corrected chi connectivity index (χ3v) is 6.68. The minimum atomic E-state index is -0.248. The maximum Gasteiger partial charge on any atom is 0.262 e. The summed E-state index contributed by atoms with van der Waals surface area (Å²) in [6.07, 6.45) is 3.55. The molecule has 0 saturated heterocycles. The lowest BCUT2D eigenvalue weighted by Gasteiger charge is -2.19. The molecule has 0 aliphatic carbocycles. The third kappa shape index (κ3) is 4.25. The van der Waals surface area contributed by atoms with Gasteiger partial charge < -0.3 is 4.74 Å². The summed E-state index contributed by atoms with van der Waals surface area (Å²) in [4.78, 5) is 19.6. The van der Waals surface area contributed by atoms with E-state index in [9.17, 15) is 4.79 Å². The van der Waals surface area contributed by atoms with Gasteiger partial charge in [0.15, 0.2) is 5.13 Å². The van der Waals surface area contributed by atoms with Crippen LogP contribution < -0.4 is 9.64 Å². The molecule has 10 heteroatoms. The number of carbonyl (C=O) groups is 1. The van der Waals surface area contributed by atoms with Crippen molar-refractivity contribution in [2.24, 2.45) is 0 Å². The smallest absolute Gasteiger partial charge is 0.262 e. The van der Waals surface area contributed by atoms with E-state index < -0.39 is 0 Å². The van der Waals surface area contributed by atoms with Crippen molar-refractivity contribution in [3.05, 3.63) is 57.0 Å². The Morgan fingerprint density at radius 1 is 1.28 bits per heavy atom. The molecule has 6 nitrogen and oxygen atoms in total. The summed E-state index contributed by atoms with van der Waals surface area (Å²) >= 11 is 14.9. The van der Waals surface area contributed by atoms with Gasteiger partial charge in [0, 0.05) is 18.9 Å². The number of aromatic nitrogens is 3. The topological polar surface area (TPSA) is 60.2 Å². The number of rotatable bonds is 7. The van der Waals surface area contributed by atoms with Gasteiger partial charge in [-0.1, -0.05) is 40.6 Å². The van der Waals surface area contributed by atoms with Crippen molar-refractivity contribution in [1.82, 2.24) is 14.8 Å². The molecular weight excluding hydrogens is 451 g/mol. The summed E-state index contributed by atoms with van der Waals surface area (Å²) in [6, 6.07) is 9.19. The quantitative estimate of drug-likeness (QED) is 0.355. The van der Waals surface area contributed by atoms with Gasteiger partial charge >= 0.3 is 0 Å². The lowest BCUT2D eigenvalue weighted by atomic mass is 10.3. The van der Waals surface area contributed by atoms with E-state index in [0.29, 0.717) is 44.8 Å². The molecule has 0 unspecified atom stereocenters. The lowest BCUT2D eigenvalue weighted by Crippen LogP contribution is -2.34. The summed E-state index contributed by atoms with van der Waals surface area (Å²) < 4.78 is 9.22. The average molecular weight is 467 g/mol. The van der Waals surface area contributed by atoms with Crippen molar-refractivity contribution >= 4 is 67.1 Å². The van der Waals surface area contributed by atoms with Crippen LogP contribution in [0, 0.1) is 0 Å². The second-order valence-corrected chi connectivity index (χ2v) is 9.29. The summed E-state index contributed by atoms with van der Waals surface area (Å²) in [5.41, 5.74) is 1.10. The first-order valence-electron chi connectivity index (χ1n) is 8.83. The number of nitrogens with zero attached hydrogens (tertiary/aromatic N) is 4. The van der Waals surface area contributed by atoms with Gasteiger partial charge in [-0.3, -0.25) is 14.4 Å². The summed E-state index contributed by atoms with van der Waals surface area (Å²) in [6.45, 7) is 3.36. The average Bonchev–Trinajstić information content (AvgIpc) is 3.42. The first kappa shape index (κ1) is 20.2. The van der Waals surface area contributed by atoms with Crippen LogP contribution in [0.15, 0.2) is 42.7 Å². The Kier molecular flexibility index (Phi) is 6.05. The number of ether oxygens (including phenoxy) is 1. The molecule has 4 aromatic rings. The first-order valence-corrected chi connectivity index (χ1v) is 11.2. The Balaban J connectivity index is 1.73. The summed E-state index contributed by atoms with van der Waals surface area (Å²) in [5.74, 6) is 0.450. The van der Waals surface area contributed by atoms with Gasteiger partial charge in [-0.25, -0.2) is 4.98 Å². The Labute approximate surface area is 185 Å². The number of benzene rings is 1. The van der Waals surface area contributed by atoms with E-state index in [1.54, 1.807) is 21.8 Å². The van der Waals surface area contributed by atoms with Gasteiger partial charge in [0.25, 0.3) is 5.91 Å². The number of fused-ring (bicyclic) bond motifs is 1. The predicted octanol–water partition coefficient (Wildman–Crippen LogP) is 5.61. The number of carbonyl (C=O) groups excluding carboxylic acids is 1. The molecule has 1 amide bonds. The van der Waals surface area contributed by atoms with Crippen molar-refractivity contribution in [3.63, 3.8) is 0 Å². The van der Waals surface area contributed by atoms with E-state index in [4.69, 9.17) is 32.9 Å². The SMILES string of the molecule is CCOc1cccc2sc(N(CCn3cccn3)C(=O)c3cc(Cl)sc3Cl)nc12. The highest BCUT2D eigenvalue weighted by molar-refractivity contribution is 7.22. The van der Waals surface area contributed by atoms with Crippen LogP contribution in [0.2, 0.25) is 8.67 Å². The van der Waals surface area contributed by atoms with Gasteiger partial charge in [-0.15, -0.1) is 11.3 Å². The molecule has 0 atom stereocenters. The molecule has 4 rings (SSSR count). The lowest BCUT2D eigenvalue weighted by molar-refractivity contribution is 0.0986. The second kappa shape index (κ2) is 8.71. The Morgan fingerprint density at radius 3 is 2.83 bits per heavy atom. The third-order valence-electron chi connectivity index (χ3n) is 4.15. The second-order valence-electron chi connectivity index (χ2n) is 6.00. The van der Waals surface area contributed by atoms with E-state index in [0.717, 1.165) is 10.2 Å². The molecule has 3 aromatic heterocycles. The molecule has 0 bridgehead atoms. The van der Waals surface area contributed by atoms with Crippen LogP contribution in [-0.4, -0.2) is 33.8 Å². The molecule has 0 aliphatic heterocycles. The van der Waals surface area contributed by atoms with Gasteiger partial charge in [-0.2, -0.15) is 5.10 Å². The van der Waals surface area contributed by atoms with E-state index in [2.05, 4.69) is 5.10 Å². The predicted molar refractivity (Wildman–Crippen MR) is 119 cm³/mol. The molecule has 29 heavy (non-hydrogen) atoms. The van der Waals surface area contributed by atoms with E-state index in [1.807, 2.05) is 37.4 Å². The molecular formula is C19H16Cl2N4O2S2. The number of hydrogen-bond acceptors (Lipinski definition) is 6. The Morgan fingerprint density at radius 2 is 2.14 bits per heavy atom. The van der Waals surface area contributed by atoms with Gasteiger partial charge in [0.2, 0.25) is 0 Å². The number of thiazole rings is 1. The molecule has 1 aromatic carbocycles. The maximum atomic E-state index is 13.3. The van der Waals surface area contributed by atoms with Gasteiger partial charge in [0.1, 0.15) is 15.6 Å². The molecule has 0 saturated carbocycles. The van der Waals surface area contributed by atoms with Crippen LogP contribution >= 0.6 is 45.9 Å².